The van der Waals surface area contributed by atoms with Gasteiger partial charge in [-0.05, 0) is 18.2 Å². The number of ether oxygens (including phenoxy) is 1. The molecule has 0 radical (unpaired) electrons. The second-order valence-corrected chi connectivity index (χ2v) is 5.94. The summed E-state index contributed by atoms with van der Waals surface area (Å²) in [6.07, 6.45) is -0.998. The Labute approximate surface area is 147 Å². The zero-order chi connectivity index (χ0) is 17.3. The number of rotatable bonds is 3. The Bertz CT molecular complexity index is 829. The predicted octanol–water partition coefficient (Wildman–Crippen LogP) is 4.04. The van der Waals surface area contributed by atoms with Gasteiger partial charge in [0.05, 0.1) is 0 Å². The number of carbonyl (C=O) groups excluding carboxylic acids is 2. The summed E-state index contributed by atoms with van der Waals surface area (Å²) in [5, 5.41) is 13.4. The molecule has 122 valence electrons. The molecule has 0 aliphatic carbocycles. The number of halogens is 2. The molecule has 0 fully saturated rings. The molecule has 1 amide bonds. The molecule has 5 nitrogen and oxygen atoms in total. The van der Waals surface area contributed by atoms with Gasteiger partial charge in [0.1, 0.15) is 0 Å². The van der Waals surface area contributed by atoms with E-state index in [1.807, 2.05) is 0 Å². The number of nitrogens with one attached hydrogen (secondary N) is 1. The number of aliphatic hydroxyl groups is 1. The molecule has 24 heavy (non-hydrogen) atoms. The molecule has 2 aromatic rings. The standard InChI is InChI=1S/C17H11Cl2NO4/c18-10-6-11(19)8-12(7-10)20-16(22)13-14(21)15(24-17(13)23)9-4-2-1-3-5-9/h1-8,15,21H,(H,20,22). The maximum Gasteiger partial charge on any atom is 0.348 e. The van der Waals surface area contributed by atoms with E-state index in [0.29, 0.717) is 21.3 Å². The van der Waals surface area contributed by atoms with E-state index in [1.165, 1.54) is 18.2 Å². The van der Waals surface area contributed by atoms with Crippen LogP contribution in [-0.4, -0.2) is 17.0 Å². The Morgan fingerprint density at radius 1 is 1.08 bits per heavy atom. The maximum atomic E-state index is 12.3. The lowest BCUT2D eigenvalue weighted by Crippen LogP contribution is -2.19. The summed E-state index contributed by atoms with van der Waals surface area (Å²) in [5.41, 5.74) is 0.422. The molecule has 2 N–H and O–H groups in total. The molecule has 0 bridgehead atoms. The number of carbonyl (C=O) groups is 2. The van der Waals surface area contributed by atoms with Crippen LogP contribution in [0.2, 0.25) is 10.0 Å². The van der Waals surface area contributed by atoms with Crippen molar-refractivity contribution in [3.8, 4) is 0 Å². The minimum absolute atomic E-state index is 0.300. The van der Waals surface area contributed by atoms with Gasteiger partial charge in [-0.25, -0.2) is 4.79 Å². The van der Waals surface area contributed by atoms with Gasteiger partial charge < -0.3 is 15.2 Å². The zero-order valence-corrected chi connectivity index (χ0v) is 13.6. The highest BCUT2D eigenvalue weighted by molar-refractivity contribution is 6.35. The molecule has 2 aromatic carbocycles. The Morgan fingerprint density at radius 2 is 1.71 bits per heavy atom. The van der Waals surface area contributed by atoms with Crippen molar-refractivity contribution >= 4 is 40.8 Å². The fourth-order valence-electron chi connectivity index (χ4n) is 2.34. The highest BCUT2D eigenvalue weighted by Gasteiger charge is 2.39. The van der Waals surface area contributed by atoms with Gasteiger partial charge in [-0.1, -0.05) is 53.5 Å². The van der Waals surface area contributed by atoms with Gasteiger partial charge in [-0.3, -0.25) is 4.79 Å². The van der Waals surface area contributed by atoms with E-state index in [0.717, 1.165) is 0 Å². The van der Waals surface area contributed by atoms with Gasteiger partial charge in [0.15, 0.2) is 17.4 Å². The monoisotopic (exact) mass is 363 g/mol. The first-order chi connectivity index (χ1) is 11.5. The Morgan fingerprint density at radius 3 is 2.33 bits per heavy atom. The second-order valence-electron chi connectivity index (χ2n) is 5.07. The quantitative estimate of drug-likeness (QED) is 0.637. The van der Waals surface area contributed by atoms with Crippen molar-refractivity contribution in [1.82, 2.24) is 0 Å². The summed E-state index contributed by atoms with van der Waals surface area (Å²) in [6.45, 7) is 0. The van der Waals surface area contributed by atoms with Crippen molar-refractivity contribution < 1.29 is 19.4 Å². The summed E-state index contributed by atoms with van der Waals surface area (Å²) in [4.78, 5) is 24.3. The first kappa shape index (κ1) is 16.4. The van der Waals surface area contributed by atoms with E-state index in [9.17, 15) is 14.7 Å². The topological polar surface area (TPSA) is 75.6 Å². The second kappa shape index (κ2) is 6.55. The van der Waals surface area contributed by atoms with Crippen LogP contribution in [0.15, 0.2) is 59.9 Å². The van der Waals surface area contributed by atoms with Gasteiger partial charge in [-0.15, -0.1) is 0 Å². The van der Waals surface area contributed by atoms with Crippen LogP contribution in [0.1, 0.15) is 11.7 Å². The van der Waals surface area contributed by atoms with Gasteiger partial charge in [0.25, 0.3) is 5.91 Å². The van der Waals surface area contributed by atoms with Crippen molar-refractivity contribution in [2.45, 2.75) is 6.10 Å². The number of hydrogen-bond donors (Lipinski definition) is 2. The van der Waals surface area contributed by atoms with E-state index in [1.54, 1.807) is 30.3 Å². The summed E-state index contributed by atoms with van der Waals surface area (Å²) in [5.74, 6) is -2.13. The number of aliphatic hydroxyl groups excluding tert-OH is 1. The van der Waals surface area contributed by atoms with Crippen LogP contribution in [0, 0.1) is 0 Å². The number of benzene rings is 2. The molecule has 7 heteroatoms. The Kier molecular flexibility index (Phi) is 4.46. The maximum absolute atomic E-state index is 12.3. The minimum atomic E-state index is -0.998. The molecular weight excluding hydrogens is 353 g/mol. The van der Waals surface area contributed by atoms with Crippen molar-refractivity contribution in [1.29, 1.82) is 0 Å². The number of cyclic esters (lactones) is 1. The summed E-state index contributed by atoms with van der Waals surface area (Å²) >= 11 is 11.7. The normalized spacial score (nSPS) is 16.9. The van der Waals surface area contributed by atoms with Crippen molar-refractivity contribution in [2.24, 2.45) is 0 Å². The largest absolute Gasteiger partial charge is 0.507 e. The van der Waals surface area contributed by atoms with Crippen molar-refractivity contribution in [3.63, 3.8) is 0 Å². The van der Waals surface area contributed by atoms with Gasteiger partial charge >= 0.3 is 5.97 Å². The highest BCUT2D eigenvalue weighted by atomic mass is 35.5. The summed E-state index contributed by atoms with van der Waals surface area (Å²) < 4.78 is 5.10. The molecule has 0 saturated carbocycles. The molecule has 0 saturated heterocycles. The average Bonchev–Trinajstić information content (AvgIpc) is 2.82. The lowest BCUT2D eigenvalue weighted by atomic mass is 10.1. The van der Waals surface area contributed by atoms with Crippen molar-refractivity contribution in [3.05, 3.63) is 75.5 Å². The van der Waals surface area contributed by atoms with Crippen LogP contribution >= 0.6 is 23.2 Å². The van der Waals surface area contributed by atoms with Crippen LogP contribution in [0.4, 0.5) is 5.69 Å². The lowest BCUT2D eigenvalue weighted by Gasteiger charge is -2.09. The molecule has 1 atom stereocenters. The SMILES string of the molecule is O=C(Nc1cc(Cl)cc(Cl)c1)C1=C(O)C(c2ccccc2)OC1=O. The third-order valence-corrected chi connectivity index (χ3v) is 3.82. The first-order valence-corrected chi connectivity index (χ1v) is 7.68. The van der Waals surface area contributed by atoms with Crippen LogP contribution < -0.4 is 5.32 Å². The molecule has 1 unspecified atom stereocenters. The van der Waals surface area contributed by atoms with E-state index in [2.05, 4.69) is 5.32 Å². The molecule has 1 heterocycles. The third kappa shape index (κ3) is 3.22. The third-order valence-electron chi connectivity index (χ3n) is 3.38. The fourth-order valence-corrected chi connectivity index (χ4v) is 2.87. The fraction of sp³-hybridized carbons (Fsp3) is 0.0588. The number of esters is 1. The highest BCUT2D eigenvalue weighted by Crippen LogP contribution is 2.34. The zero-order valence-electron chi connectivity index (χ0n) is 12.1. The van der Waals surface area contributed by atoms with E-state index in [4.69, 9.17) is 27.9 Å². The molecule has 0 spiro atoms. The summed E-state index contributed by atoms with van der Waals surface area (Å²) in [7, 11) is 0. The van der Waals surface area contributed by atoms with Crippen LogP contribution in [0.3, 0.4) is 0 Å². The van der Waals surface area contributed by atoms with Crippen molar-refractivity contribution in [2.75, 3.05) is 5.32 Å². The molecule has 3 rings (SSSR count). The molecule has 1 aliphatic heterocycles. The van der Waals surface area contributed by atoms with E-state index >= 15 is 0 Å². The number of amides is 1. The molecule has 1 aliphatic rings. The van der Waals surface area contributed by atoms with E-state index < -0.39 is 29.3 Å². The Balaban J connectivity index is 1.88. The number of anilines is 1. The number of hydrogen-bond acceptors (Lipinski definition) is 4. The minimum Gasteiger partial charge on any atom is -0.507 e. The van der Waals surface area contributed by atoms with Gasteiger partial charge in [0.2, 0.25) is 0 Å². The van der Waals surface area contributed by atoms with Crippen LogP contribution in [0.5, 0.6) is 0 Å². The van der Waals surface area contributed by atoms with Gasteiger partial charge in [0, 0.05) is 21.3 Å². The van der Waals surface area contributed by atoms with Crippen LogP contribution in [-0.2, 0) is 14.3 Å². The Hall–Kier alpha value is -2.50. The first-order valence-electron chi connectivity index (χ1n) is 6.92. The van der Waals surface area contributed by atoms with Gasteiger partial charge in [-0.2, -0.15) is 0 Å². The average molecular weight is 364 g/mol. The predicted molar refractivity (Wildman–Crippen MR) is 90.0 cm³/mol. The summed E-state index contributed by atoms with van der Waals surface area (Å²) in [6, 6.07) is 13.1. The van der Waals surface area contributed by atoms with Crippen LogP contribution in [0.25, 0.3) is 0 Å². The lowest BCUT2D eigenvalue weighted by molar-refractivity contribution is -0.141. The molecule has 0 aromatic heterocycles. The van der Waals surface area contributed by atoms with E-state index in [-0.39, 0.29) is 0 Å². The smallest absolute Gasteiger partial charge is 0.348 e. The molecular formula is C17H11Cl2NO4.